The summed E-state index contributed by atoms with van der Waals surface area (Å²) in [6.45, 7) is 0. The number of oxazole rings is 1. The molecule has 3 rings (SSSR count). The van der Waals surface area contributed by atoms with E-state index in [2.05, 4.69) is 34.3 Å². The van der Waals surface area contributed by atoms with Gasteiger partial charge < -0.3 is 13.9 Å². The van der Waals surface area contributed by atoms with Crippen molar-refractivity contribution in [2.75, 3.05) is 0 Å². The Balaban J connectivity index is 0.000000112. The number of hydrogen-bond acceptors (Lipinski definition) is 6. The van der Waals surface area contributed by atoms with E-state index in [9.17, 15) is 0 Å². The van der Waals surface area contributed by atoms with Crippen molar-refractivity contribution in [3.63, 3.8) is 0 Å². The van der Waals surface area contributed by atoms with Gasteiger partial charge in [-0.15, -0.1) is 5.10 Å². The Morgan fingerprint density at radius 3 is 2.20 bits per heavy atom. The van der Waals surface area contributed by atoms with Gasteiger partial charge in [-0.2, -0.15) is 0 Å². The van der Waals surface area contributed by atoms with Crippen molar-refractivity contribution in [3.05, 3.63) is 50.0 Å². The molecule has 0 atom stereocenters. The molecule has 0 spiro atoms. The third kappa shape index (κ3) is 6.70. The van der Waals surface area contributed by atoms with Crippen LogP contribution in [-0.2, 0) is 0 Å². The van der Waals surface area contributed by atoms with Crippen molar-refractivity contribution in [2.24, 2.45) is 0 Å². The monoisotopic (exact) mass is 207 g/mol. The molecule has 0 aliphatic heterocycles. The second-order valence-corrected chi connectivity index (χ2v) is 2.02. The SMILES string of the molecule is c1c[nH]cn1.c1cocn1.c1conn1. The minimum absolute atomic E-state index is 1.38. The van der Waals surface area contributed by atoms with E-state index in [1.54, 1.807) is 24.9 Å². The van der Waals surface area contributed by atoms with Crippen LogP contribution in [0.4, 0.5) is 0 Å². The predicted octanol–water partition coefficient (Wildman–Crippen LogP) is 1.15. The van der Waals surface area contributed by atoms with Gasteiger partial charge in [0.25, 0.3) is 0 Å². The first-order chi connectivity index (χ1) is 7.50. The molecular formula is C8H9N5O2. The maximum atomic E-state index is 4.47. The highest BCUT2D eigenvalue weighted by molar-refractivity contribution is 4.64. The molecule has 78 valence electrons. The van der Waals surface area contributed by atoms with Crippen LogP contribution in [0, 0.1) is 0 Å². The molecule has 0 unspecified atom stereocenters. The molecule has 0 aliphatic rings. The van der Waals surface area contributed by atoms with Gasteiger partial charge in [0.05, 0.1) is 18.7 Å². The molecule has 7 heteroatoms. The Hall–Kier alpha value is -2.44. The topological polar surface area (TPSA) is 93.6 Å². The van der Waals surface area contributed by atoms with Crippen molar-refractivity contribution in [2.45, 2.75) is 0 Å². The molecule has 0 bridgehead atoms. The van der Waals surface area contributed by atoms with Crippen molar-refractivity contribution in [3.8, 4) is 0 Å². The standard InChI is InChI=1S/C3H4N2.C3H3NO.C2H2N2O/c2*1-2-5-3-4-1;1-2-5-4-3-1/h1-3H,(H,4,5);1-3H;1-2H. The van der Waals surface area contributed by atoms with E-state index in [1.165, 1.54) is 25.1 Å². The number of nitrogens with zero attached hydrogens (tertiary/aromatic N) is 4. The van der Waals surface area contributed by atoms with Crippen LogP contribution in [0.25, 0.3) is 0 Å². The molecule has 15 heavy (non-hydrogen) atoms. The average molecular weight is 207 g/mol. The maximum absolute atomic E-state index is 4.47. The van der Waals surface area contributed by atoms with Gasteiger partial charge in [-0.25, -0.2) is 9.97 Å². The zero-order valence-corrected chi connectivity index (χ0v) is 7.72. The molecule has 3 aromatic heterocycles. The summed E-state index contributed by atoms with van der Waals surface area (Å²) >= 11 is 0. The van der Waals surface area contributed by atoms with Crippen LogP contribution in [-0.4, -0.2) is 25.3 Å². The van der Waals surface area contributed by atoms with Gasteiger partial charge in [-0.3, -0.25) is 0 Å². The number of hydrogen-bond donors (Lipinski definition) is 1. The first kappa shape index (κ1) is 10.6. The van der Waals surface area contributed by atoms with Crippen LogP contribution < -0.4 is 0 Å². The first-order valence-electron chi connectivity index (χ1n) is 3.96. The molecule has 3 aromatic rings. The van der Waals surface area contributed by atoms with E-state index in [0.717, 1.165) is 0 Å². The molecule has 0 fully saturated rings. The summed E-state index contributed by atoms with van der Waals surface area (Å²) in [6, 6.07) is 0. The Labute approximate surface area is 85.2 Å². The number of H-pyrrole nitrogens is 1. The molecule has 0 radical (unpaired) electrons. The van der Waals surface area contributed by atoms with Gasteiger partial charge in [-0.05, 0) is 0 Å². The molecule has 0 aromatic carbocycles. The number of aromatic amines is 1. The minimum atomic E-state index is 1.38. The van der Waals surface area contributed by atoms with E-state index in [1.807, 2.05) is 0 Å². The summed E-state index contributed by atoms with van der Waals surface area (Å²) in [6.07, 6.45) is 12.4. The number of nitrogens with one attached hydrogen (secondary N) is 1. The fourth-order valence-electron chi connectivity index (χ4n) is 0.527. The lowest BCUT2D eigenvalue weighted by molar-refractivity contribution is 0.393. The molecule has 0 saturated carbocycles. The number of rotatable bonds is 0. The summed E-state index contributed by atoms with van der Waals surface area (Å²) in [5.74, 6) is 0. The predicted molar refractivity (Wildman–Crippen MR) is 49.4 cm³/mol. The Morgan fingerprint density at radius 1 is 1.00 bits per heavy atom. The summed E-state index contributed by atoms with van der Waals surface area (Å²) in [7, 11) is 0. The highest BCUT2D eigenvalue weighted by atomic mass is 16.5. The lowest BCUT2D eigenvalue weighted by atomic mass is 11.0. The van der Waals surface area contributed by atoms with Crippen LogP contribution in [0.1, 0.15) is 0 Å². The summed E-state index contributed by atoms with van der Waals surface area (Å²) in [4.78, 5) is 9.97. The van der Waals surface area contributed by atoms with Crippen LogP contribution in [0.15, 0.2) is 59.0 Å². The zero-order valence-electron chi connectivity index (χ0n) is 7.72. The van der Waals surface area contributed by atoms with Gasteiger partial charge in [0.15, 0.2) is 6.39 Å². The summed E-state index contributed by atoms with van der Waals surface area (Å²) < 4.78 is 8.69. The highest BCUT2D eigenvalue weighted by Gasteiger charge is 1.61. The maximum Gasteiger partial charge on any atom is 0.180 e. The van der Waals surface area contributed by atoms with E-state index < -0.39 is 0 Å². The van der Waals surface area contributed by atoms with E-state index in [0.29, 0.717) is 0 Å². The van der Waals surface area contributed by atoms with Crippen molar-refractivity contribution in [1.29, 1.82) is 0 Å². The average Bonchev–Trinajstić information content (AvgIpc) is 3.09. The smallest absolute Gasteiger partial charge is 0.180 e. The minimum Gasteiger partial charge on any atom is -0.452 e. The van der Waals surface area contributed by atoms with E-state index >= 15 is 0 Å². The summed E-state index contributed by atoms with van der Waals surface area (Å²) in [5, 5.41) is 6.40. The quantitative estimate of drug-likeness (QED) is 0.594. The van der Waals surface area contributed by atoms with Gasteiger partial charge in [0.1, 0.15) is 12.5 Å². The van der Waals surface area contributed by atoms with Crippen molar-refractivity contribution in [1.82, 2.24) is 25.3 Å². The van der Waals surface area contributed by atoms with Crippen LogP contribution in [0.5, 0.6) is 0 Å². The second kappa shape index (κ2) is 8.17. The van der Waals surface area contributed by atoms with Crippen molar-refractivity contribution >= 4 is 0 Å². The molecule has 0 amide bonds. The Kier molecular flexibility index (Phi) is 5.80. The molecule has 3 heterocycles. The Bertz CT molecular complexity index is 253. The number of imidazole rings is 1. The van der Waals surface area contributed by atoms with E-state index in [-0.39, 0.29) is 0 Å². The lowest BCUT2D eigenvalue weighted by Crippen LogP contribution is -1.53. The highest BCUT2D eigenvalue weighted by Crippen LogP contribution is 1.72. The molecule has 0 saturated heterocycles. The normalized spacial score (nSPS) is 8.00. The molecule has 7 nitrogen and oxygen atoms in total. The fourth-order valence-corrected chi connectivity index (χ4v) is 0.527. The van der Waals surface area contributed by atoms with Gasteiger partial charge >= 0.3 is 0 Å². The summed E-state index contributed by atoms with van der Waals surface area (Å²) in [5.41, 5.74) is 0. The van der Waals surface area contributed by atoms with Gasteiger partial charge in [0.2, 0.25) is 0 Å². The molecule has 0 aliphatic carbocycles. The lowest BCUT2D eigenvalue weighted by Gasteiger charge is -1.47. The van der Waals surface area contributed by atoms with Crippen LogP contribution >= 0.6 is 0 Å². The van der Waals surface area contributed by atoms with Crippen LogP contribution in [0.2, 0.25) is 0 Å². The molecule has 1 N–H and O–H groups in total. The third-order valence-corrected chi connectivity index (χ3v) is 1.04. The number of aromatic nitrogens is 5. The Morgan fingerprint density at radius 2 is 2.00 bits per heavy atom. The van der Waals surface area contributed by atoms with Gasteiger partial charge in [-0.1, -0.05) is 0 Å². The first-order valence-corrected chi connectivity index (χ1v) is 3.96. The zero-order chi connectivity index (χ0) is 10.6. The fraction of sp³-hybridized carbons (Fsp3) is 0. The third-order valence-electron chi connectivity index (χ3n) is 1.04. The van der Waals surface area contributed by atoms with E-state index in [4.69, 9.17) is 0 Å². The second-order valence-electron chi connectivity index (χ2n) is 2.02. The van der Waals surface area contributed by atoms with Gasteiger partial charge in [0, 0.05) is 17.7 Å². The van der Waals surface area contributed by atoms with Crippen LogP contribution in [0.3, 0.4) is 0 Å². The van der Waals surface area contributed by atoms with Crippen molar-refractivity contribution < 1.29 is 8.94 Å². The molecular weight excluding hydrogens is 198 g/mol. The largest absolute Gasteiger partial charge is 0.452 e.